The maximum atomic E-state index is 10.5. The average Bonchev–Trinajstić information content (AvgIpc) is 2.87. The third kappa shape index (κ3) is 2.97. The van der Waals surface area contributed by atoms with E-state index >= 15 is 0 Å². The van der Waals surface area contributed by atoms with Crippen LogP contribution in [0.4, 0.5) is 5.13 Å². The molecule has 9 heteroatoms. The van der Waals surface area contributed by atoms with Crippen molar-refractivity contribution in [3.8, 4) is 0 Å². The van der Waals surface area contributed by atoms with Gasteiger partial charge in [-0.05, 0) is 6.92 Å². The first-order valence-electron chi connectivity index (χ1n) is 4.81. The van der Waals surface area contributed by atoms with E-state index < -0.39 is 5.97 Å². The van der Waals surface area contributed by atoms with Crippen LogP contribution in [0.25, 0.3) is 0 Å². The summed E-state index contributed by atoms with van der Waals surface area (Å²) in [5.41, 5.74) is 0.533. The summed E-state index contributed by atoms with van der Waals surface area (Å²) >= 11 is 1.35. The quantitative estimate of drug-likeness (QED) is 0.709. The molecular formula is C8H10N6O2S. The molecule has 90 valence electrons. The Morgan fingerprint density at radius 3 is 3.18 bits per heavy atom. The first-order chi connectivity index (χ1) is 8.15. The zero-order chi connectivity index (χ0) is 12.3. The number of carboxylic acid groups (broad SMARTS) is 1. The van der Waals surface area contributed by atoms with Gasteiger partial charge in [-0.2, -0.15) is 5.21 Å². The second-order valence-corrected chi connectivity index (χ2v) is 4.21. The van der Waals surface area contributed by atoms with Gasteiger partial charge in [0.05, 0.1) is 18.2 Å². The molecule has 2 aromatic rings. The average molecular weight is 254 g/mol. The highest BCUT2D eigenvalue weighted by Crippen LogP contribution is 2.20. The molecule has 0 saturated heterocycles. The lowest BCUT2D eigenvalue weighted by Gasteiger charge is -2.07. The molecule has 2 aromatic heterocycles. The van der Waals surface area contributed by atoms with Crippen molar-refractivity contribution in [2.24, 2.45) is 0 Å². The Kier molecular flexibility index (Phi) is 3.28. The van der Waals surface area contributed by atoms with Crippen LogP contribution in [0.1, 0.15) is 24.5 Å². The highest BCUT2D eigenvalue weighted by atomic mass is 32.1. The SMILES string of the molecule is CC(Nc1nc(CC(=O)O)cs1)c1nn[nH]n1. The number of nitrogens with zero attached hydrogens (tertiary/aromatic N) is 4. The van der Waals surface area contributed by atoms with Crippen molar-refractivity contribution in [3.05, 3.63) is 16.9 Å². The number of anilines is 1. The summed E-state index contributed by atoms with van der Waals surface area (Å²) in [5, 5.41) is 27.5. The van der Waals surface area contributed by atoms with E-state index in [4.69, 9.17) is 5.11 Å². The van der Waals surface area contributed by atoms with E-state index in [1.165, 1.54) is 11.3 Å². The zero-order valence-electron chi connectivity index (χ0n) is 8.91. The first-order valence-corrected chi connectivity index (χ1v) is 5.69. The Balaban J connectivity index is 1.99. The largest absolute Gasteiger partial charge is 0.481 e. The van der Waals surface area contributed by atoms with Gasteiger partial charge in [0, 0.05) is 5.38 Å². The third-order valence-electron chi connectivity index (χ3n) is 1.97. The minimum atomic E-state index is -0.895. The Morgan fingerprint density at radius 1 is 1.71 bits per heavy atom. The normalized spacial score (nSPS) is 12.3. The fourth-order valence-corrected chi connectivity index (χ4v) is 2.01. The standard InChI is InChI=1S/C8H10N6O2S/c1-4(7-11-13-14-12-7)9-8-10-5(3-17-8)2-6(15)16/h3-4H,2H2,1H3,(H,9,10)(H,15,16)(H,11,12,13,14). The summed E-state index contributed by atoms with van der Waals surface area (Å²) in [7, 11) is 0. The topological polar surface area (TPSA) is 117 Å². The molecule has 0 radical (unpaired) electrons. The van der Waals surface area contributed by atoms with E-state index in [2.05, 4.69) is 30.9 Å². The molecule has 0 fully saturated rings. The van der Waals surface area contributed by atoms with Gasteiger partial charge in [-0.15, -0.1) is 21.5 Å². The third-order valence-corrected chi connectivity index (χ3v) is 2.80. The number of hydrogen-bond acceptors (Lipinski definition) is 7. The molecule has 17 heavy (non-hydrogen) atoms. The van der Waals surface area contributed by atoms with Gasteiger partial charge >= 0.3 is 5.97 Å². The van der Waals surface area contributed by atoms with E-state index in [9.17, 15) is 4.79 Å². The van der Waals surface area contributed by atoms with Crippen LogP contribution in [0, 0.1) is 0 Å². The van der Waals surface area contributed by atoms with Gasteiger partial charge in [-0.3, -0.25) is 4.79 Å². The number of rotatable bonds is 5. The summed E-state index contributed by atoms with van der Waals surface area (Å²) in [5.74, 6) is -0.368. The fourth-order valence-electron chi connectivity index (χ4n) is 1.21. The van der Waals surface area contributed by atoms with E-state index in [0.717, 1.165) is 0 Å². The molecule has 1 unspecified atom stereocenters. The van der Waals surface area contributed by atoms with Crippen molar-refractivity contribution in [3.63, 3.8) is 0 Å². The number of carbonyl (C=O) groups is 1. The number of aromatic amines is 1. The molecule has 0 aromatic carbocycles. The second-order valence-electron chi connectivity index (χ2n) is 3.35. The van der Waals surface area contributed by atoms with Gasteiger partial charge in [-0.25, -0.2) is 4.98 Å². The summed E-state index contributed by atoms with van der Waals surface area (Å²) in [6.07, 6.45) is -0.0746. The number of H-pyrrole nitrogens is 1. The first kappa shape index (κ1) is 11.5. The molecule has 8 nitrogen and oxygen atoms in total. The fraction of sp³-hybridized carbons (Fsp3) is 0.375. The van der Waals surface area contributed by atoms with Crippen molar-refractivity contribution in [1.29, 1.82) is 0 Å². The van der Waals surface area contributed by atoms with Crippen molar-refractivity contribution >= 4 is 22.4 Å². The number of hydrogen-bond donors (Lipinski definition) is 3. The monoisotopic (exact) mass is 254 g/mol. The Labute approximate surface area is 100 Å². The maximum absolute atomic E-state index is 10.5. The lowest BCUT2D eigenvalue weighted by molar-refractivity contribution is -0.136. The summed E-state index contributed by atoms with van der Waals surface area (Å²) < 4.78 is 0. The van der Waals surface area contributed by atoms with Crippen LogP contribution < -0.4 is 5.32 Å². The van der Waals surface area contributed by atoms with Crippen molar-refractivity contribution in [2.45, 2.75) is 19.4 Å². The zero-order valence-corrected chi connectivity index (χ0v) is 9.73. The predicted molar refractivity (Wildman–Crippen MR) is 59.7 cm³/mol. The molecule has 2 rings (SSSR count). The highest BCUT2D eigenvalue weighted by Gasteiger charge is 2.12. The van der Waals surface area contributed by atoms with Crippen LogP contribution >= 0.6 is 11.3 Å². The number of thiazole rings is 1. The van der Waals surface area contributed by atoms with Gasteiger partial charge in [-0.1, -0.05) is 5.21 Å². The van der Waals surface area contributed by atoms with E-state index in [1.807, 2.05) is 6.92 Å². The van der Waals surface area contributed by atoms with Gasteiger partial charge in [0.15, 0.2) is 11.0 Å². The van der Waals surface area contributed by atoms with E-state index in [1.54, 1.807) is 5.38 Å². The molecule has 0 spiro atoms. The van der Waals surface area contributed by atoms with Crippen molar-refractivity contribution in [2.75, 3.05) is 5.32 Å². The van der Waals surface area contributed by atoms with E-state index in [-0.39, 0.29) is 12.5 Å². The minimum absolute atomic E-state index is 0.0746. The van der Waals surface area contributed by atoms with Crippen LogP contribution in [0.3, 0.4) is 0 Å². The Morgan fingerprint density at radius 2 is 2.53 bits per heavy atom. The molecule has 1 atom stereocenters. The molecule has 0 saturated carbocycles. The van der Waals surface area contributed by atoms with Crippen LogP contribution in [0.15, 0.2) is 5.38 Å². The molecule has 2 heterocycles. The number of tetrazole rings is 1. The molecule has 0 bridgehead atoms. The number of nitrogens with one attached hydrogen (secondary N) is 2. The number of carboxylic acids is 1. The Hall–Kier alpha value is -2.03. The van der Waals surface area contributed by atoms with Crippen molar-refractivity contribution < 1.29 is 9.90 Å². The van der Waals surface area contributed by atoms with Crippen LogP contribution in [0.2, 0.25) is 0 Å². The van der Waals surface area contributed by atoms with Crippen molar-refractivity contribution in [1.82, 2.24) is 25.6 Å². The van der Waals surface area contributed by atoms with Crippen LogP contribution in [-0.4, -0.2) is 36.7 Å². The molecule has 0 aliphatic carbocycles. The molecule has 0 amide bonds. The van der Waals surface area contributed by atoms with Crippen LogP contribution in [0.5, 0.6) is 0 Å². The summed E-state index contributed by atoms with van der Waals surface area (Å²) in [6, 6.07) is -0.141. The summed E-state index contributed by atoms with van der Waals surface area (Å²) in [4.78, 5) is 14.6. The summed E-state index contributed by atoms with van der Waals surface area (Å²) in [6.45, 7) is 1.86. The lowest BCUT2D eigenvalue weighted by Crippen LogP contribution is -2.08. The molecule has 3 N–H and O–H groups in total. The smallest absolute Gasteiger partial charge is 0.309 e. The Bertz CT molecular complexity index is 496. The maximum Gasteiger partial charge on any atom is 0.309 e. The van der Waals surface area contributed by atoms with Gasteiger partial charge in [0.25, 0.3) is 0 Å². The number of aliphatic carboxylic acids is 1. The molecular weight excluding hydrogens is 244 g/mol. The van der Waals surface area contributed by atoms with Gasteiger partial charge in [0.2, 0.25) is 0 Å². The predicted octanol–water partition coefficient (Wildman–Crippen LogP) is 0.456. The van der Waals surface area contributed by atoms with E-state index in [0.29, 0.717) is 16.6 Å². The second kappa shape index (κ2) is 4.87. The van der Waals surface area contributed by atoms with Gasteiger partial charge < -0.3 is 10.4 Å². The minimum Gasteiger partial charge on any atom is -0.481 e. The highest BCUT2D eigenvalue weighted by molar-refractivity contribution is 7.13. The lowest BCUT2D eigenvalue weighted by atomic mass is 10.3. The molecule has 0 aliphatic rings. The van der Waals surface area contributed by atoms with Gasteiger partial charge in [0.1, 0.15) is 0 Å². The molecule has 0 aliphatic heterocycles. The van der Waals surface area contributed by atoms with Crippen LogP contribution in [-0.2, 0) is 11.2 Å². The number of aromatic nitrogens is 5.